The average Bonchev–Trinajstić information content (AvgIpc) is 2.88. The third-order valence-electron chi connectivity index (χ3n) is 5.57. The molecule has 2 saturated carbocycles. The van der Waals surface area contributed by atoms with Crippen LogP contribution in [0.3, 0.4) is 0 Å². The first-order valence-electron chi connectivity index (χ1n) is 8.95. The summed E-state index contributed by atoms with van der Waals surface area (Å²) in [5.74, 6) is 0.665. The van der Waals surface area contributed by atoms with E-state index < -0.39 is 11.7 Å². The lowest BCUT2D eigenvalue weighted by Gasteiger charge is -2.36. The van der Waals surface area contributed by atoms with Gasteiger partial charge < -0.3 is 15.5 Å². The highest BCUT2D eigenvalue weighted by molar-refractivity contribution is 9.10. The molecule has 2 aliphatic carbocycles. The highest BCUT2D eigenvalue weighted by Crippen LogP contribution is 2.38. The molecule has 3 N–H and O–H groups in total. The van der Waals surface area contributed by atoms with Crippen molar-refractivity contribution in [2.24, 2.45) is 5.92 Å². The number of benzene rings is 1. The van der Waals surface area contributed by atoms with Gasteiger partial charge >= 0.3 is 0 Å². The van der Waals surface area contributed by atoms with Gasteiger partial charge in [0.15, 0.2) is 0 Å². The van der Waals surface area contributed by atoms with Crippen LogP contribution < -0.4 is 5.32 Å². The van der Waals surface area contributed by atoms with E-state index in [1.54, 1.807) is 0 Å². The summed E-state index contributed by atoms with van der Waals surface area (Å²) in [6.45, 7) is 0.555. The number of halogens is 1. The second-order valence-corrected chi connectivity index (χ2v) is 8.33. The van der Waals surface area contributed by atoms with Crippen LogP contribution >= 0.6 is 15.9 Å². The molecule has 2 aliphatic rings. The molecule has 4 heteroatoms. The third-order valence-corrected chi connectivity index (χ3v) is 6.10. The lowest BCUT2D eigenvalue weighted by atomic mass is 9.77. The van der Waals surface area contributed by atoms with Crippen molar-refractivity contribution < 1.29 is 10.2 Å². The summed E-state index contributed by atoms with van der Waals surface area (Å²) in [7, 11) is 0. The van der Waals surface area contributed by atoms with Gasteiger partial charge in [-0.25, -0.2) is 0 Å². The molecule has 3 nitrogen and oxygen atoms in total. The fourth-order valence-electron chi connectivity index (χ4n) is 4.01. The van der Waals surface area contributed by atoms with E-state index in [0.717, 1.165) is 30.2 Å². The molecule has 23 heavy (non-hydrogen) atoms. The minimum atomic E-state index is -0.634. The molecule has 0 saturated heterocycles. The molecule has 0 spiro atoms. The molecular weight excluding hydrogens is 354 g/mol. The Bertz CT molecular complexity index is 495. The third kappa shape index (κ3) is 4.56. The molecule has 0 heterocycles. The summed E-state index contributed by atoms with van der Waals surface area (Å²) in [6, 6.07) is 8.80. The molecule has 2 atom stereocenters. The van der Waals surface area contributed by atoms with Crippen molar-refractivity contribution in [2.45, 2.75) is 69.1 Å². The Labute approximate surface area is 147 Å². The van der Waals surface area contributed by atoms with E-state index in [9.17, 15) is 10.2 Å². The quantitative estimate of drug-likeness (QED) is 0.670. The molecule has 0 amide bonds. The molecule has 0 aromatic heterocycles. The molecule has 0 aliphatic heterocycles. The molecule has 1 aromatic rings. The Hall–Kier alpha value is -0.420. The maximum absolute atomic E-state index is 10.4. The van der Waals surface area contributed by atoms with E-state index in [2.05, 4.69) is 45.5 Å². The van der Waals surface area contributed by atoms with Crippen LogP contribution in [0.25, 0.3) is 0 Å². The van der Waals surface area contributed by atoms with Crippen LogP contribution in [0.5, 0.6) is 0 Å². The molecule has 2 unspecified atom stereocenters. The Morgan fingerprint density at radius 3 is 2.35 bits per heavy atom. The Morgan fingerprint density at radius 2 is 1.78 bits per heavy atom. The van der Waals surface area contributed by atoms with Gasteiger partial charge in [-0.2, -0.15) is 0 Å². The van der Waals surface area contributed by atoms with Crippen molar-refractivity contribution >= 4 is 15.9 Å². The second-order valence-electron chi connectivity index (χ2n) is 7.42. The molecule has 0 bridgehead atoms. The SMILES string of the molecule is OC(CNC(c1ccc(Br)cc1)C1CCC1)CC1(O)CCCC1. The molecule has 128 valence electrons. The van der Waals surface area contributed by atoms with E-state index in [1.807, 2.05) is 0 Å². The number of nitrogens with one attached hydrogen (secondary N) is 1. The van der Waals surface area contributed by atoms with Gasteiger partial charge in [0, 0.05) is 23.5 Å². The van der Waals surface area contributed by atoms with Gasteiger partial charge in [-0.15, -0.1) is 0 Å². The first-order valence-corrected chi connectivity index (χ1v) is 9.74. The first-order chi connectivity index (χ1) is 11.1. The number of aliphatic hydroxyl groups is 2. The van der Waals surface area contributed by atoms with Crippen molar-refractivity contribution in [3.63, 3.8) is 0 Å². The minimum absolute atomic E-state index is 0.310. The number of aliphatic hydroxyl groups excluding tert-OH is 1. The molecule has 2 fully saturated rings. The van der Waals surface area contributed by atoms with E-state index in [4.69, 9.17) is 0 Å². The van der Waals surface area contributed by atoms with Crippen molar-refractivity contribution in [3.8, 4) is 0 Å². The van der Waals surface area contributed by atoms with Crippen molar-refractivity contribution in [3.05, 3.63) is 34.3 Å². The molecule has 0 radical (unpaired) electrons. The van der Waals surface area contributed by atoms with E-state index in [0.29, 0.717) is 24.9 Å². The lowest BCUT2D eigenvalue weighted by molar-refractivity contribution is -0.00635. The number of hydrogen-bond donors (Lipinski definition) is 3. The first kappa shape index (κ1) is 17.4. The lowest BCUT2D eigenvalue weighted by Crippen LogP contribution is -2.40. The van der Waals surface area contributed by atoms with Gasteiger partial charge in [0.2, 0.25) is 0 Å². The van der Waals surface area contributed by atoms with E-state index in [1.165, 1.54) is 24.8 Å². The predicted molar refractivity (Wildman–Crippen MR) is 96.3 cm³/mol. The van der Waals surface area contributed by atoms with Gasteiger partial charge in [-0.3, -0.25) is 0 Å². The minimum Gasteiger partial charge on any atom is -0.392 e. The normalized spacial score (nSPS) is 23.4. The van der Waals surface area contributed by atoms with Crippen LogP contribution in [0, 0.1) is 5.92 Å². The van der Waals surface area contributed by atoms with Gasteiger partial charge in [-0.05, 0) is 49.3 Å². The van der Waals surface area contributed by atoms with Crippen LogP contribution in [0.4, 0.5) is 0 Å². The largest absolute Gasteiger partial charge is 0.392 e. The standard InChI is InChI=1S/C19H28BrNO2/c20-16-8-6-15(7-9-16)18(14-4-3-5-14)21-13-17(22)12-19(23)10-1-2-11-19/h6-9,14,17-18,21-23H,1-5,10-13H2. The molecular formula is C19H28BrNO2. The van der Waals surface area contributed by atoms with Gasteiger partial charge in [-0.1, -0.05) is 47.3 Å². The second kappa shape index (κ2) is 7.64. The van der Waals surface area contributed by atoms with Crippen LogP contribution in [0.1, 0.15) is 63.0 Å². The number of rotatable bonds is 7. The Morgan fingerprint density at radius 1 is 1.13 bits per heavy atom. The predicted octanol–water partition coefficient (Wildman–Crippen LogP) is 3.94. The Balaban J connectivity index is 1.57. The van der Waals surface area contributed by atoms with Gasteiger partial charge in [0.25, 0.3) is 0 Å². The van der Waals surface area contributed by atoms with Crippen molar-refractivity contribution in [1.82, 2.24) is 5.32 Å². The van der Waals surface area contributed by atoms with Crippen LogP contribution in [-0.4, -0.2) is 28.5 Å². The van der Waals surface area contributed by atoms with E-state index >= 15 is 0 Å². The molecule has 1 aromatic carbocycles. The Kier molecular flexibility index (Phi) is 5.78. The average molecular weight is 382 g/mol. The fraction of sp³-hybridized carbons (Fsp3) is 0.684. The fourth-order valence-corrected chi connectivity index (χ4v) is 4.28. The summed E-state index contributed by atoms with van der Waals surface area (Å²) in [6.07, 6.45) is 7.68. The van der Waals surface area contributed by atoms with Crippen LogP contribution in [-0.2, 0) is 0 Å². The van der Waals surface area contributed by atoms with Crippen molar-refractivity contribution in [2.75, 3.05) is 6.54 Å². The summed E-state index contributed by atoms with van der Waals surface area (Å²) in [5, 5.41) is 24.4. The summed E-state index contributed by atoms with van der Waals surface area (Å²) in [4.78, 5) is 0. The monoisotopic (exact) mass is 381 g/mol. The van der Waals surface area contributed by atoms with E-state index in [-0.39, 0.29) is 0 Å². The highest BCUT2D eigenvalue weighted by atomic mass is 79.9. The van der Waals surface area contributed by atoms with Crippen LogP contribution in [0.15, 0.2) is 28.7 Å². The van der Waals surface area contributed by atoms with Crippen molar-refractivity contribution in [1.29, 1.82) is 0 Å². The zero-order valence-corrected chi connectivity index (χ0v) is 15.3. The summed E-state index contributed by atoms with van der Waals surface area (Å²) >= 11 is 3.49. The zero-order chi connectivity index (χ0) is 16.3. The summed E-state index contributed by atoms with van der Waals surface area (Å²) in [5.41, 5.74) is 0.662. The van der Waals surface area contributed by atoms with Gasteiger partial charge in [0.05, 0.1) is 11.7 Å². The topological polar surface area (TPSA) is 52.5 Å². The zero-order valence-electron chi connectivity index (χ0n) is 13.7. The smallest absolute Gasteiger partial charge is 0.0692 e. The highest BCUT2D eigenvalue weighted by Gasteiger charge is 2.34. The van der Waals surface area contributed by atoms with Crippen LogP contribution in [0.2, 0.25) is 0 Å². The number of hydrogen-bond acceptors (Lipinski definition) is 3. The van der Waals surface area contributed by atoms with Gasteiger partial charge in [0.1, 0.15) is 0 Å². The maximum Gasteiger partial charge on any atom is 0.0692 e. The summed E-state index contributed by atoms with van der Waals surface area (Å²) < 4.78 is 1.09. The maximum atomic E-state index is 10.4. The molecule has 3 rings (SSSR count).